The molecule has 2 aromatic rings. The Morgan fingerprint density at radius 2 is 1.35 bits per heavy atom. The Kier molecular flexibility index (Phi) is 4.46. The molecular formula is C16H17O5PS. The van der Waals surface area contributed by atoms with Gasteiger partial charge in [0.15, 0.2) is 9.84 Å². The van der Waals surface area contributed by atoms with Crippen LogP contribution < -0.4 is 9.05 Å². The molecule has 2 aromatic carbocycles. The number of para-hydroxylation sites is 2. The molecule has 1 saturated heterocycles. The zero-order chi connectivity index (χ0) is 16.3. The molecule has 0 amide bonds. The Labute approximate surface area is 135 Å². The summed E-state index contributed by atoms with van der Waals surface area (Å²) >= 11 is 0. The summed E-state index contributed by atoms with van der Waals surface area (Å²) < 4.78 is 48.2. The quantitative estimate of drug-likeness (QED) is 0.770. The maximum atomic E-state index is 13.3. The van der Waals surface area contributed by atoms with Crippen LogP contribution >= 0.6 is 7.60 Å². The summed E-state index contributed by atoms with van der Waals surface area (Å²) in [7, 11) is -6.87. The fourth-order valence-electron chi connectivity index (χ4n) is 2.45. The highest BCUT2D eigenvalue weighted by Gasteiger charge is 2.46. The summed E-state index contributed by atoms with van der Waals surface area (Å²) in [6, 6.07) is 17.3. The van der Waals surface area contributed by atoms with Gasteiger partial charge in [-0.1, -0.05) is 36.4 Å². The van der Waals surface area contributed by atoms with E-state index in [-0.39, 0.29) is 17.9 Å². The van der Waals surface area contributed by atoms with Gasteiger partial charge in [0, 0.05) is 0 Å². The summed E-state index contributed by atoms with van der Waals surface area (Å²) in [6.45, 7) is 0. The lowest BCUT2D eigenvalue weighted by Crippen LogP contribution is -2.18. The first kappa shape index (κ1) is 16.1. The van der Waals surface area contributed by atoms with E-state index in [1.165, 1.54) is 0 Å². The van der Waals surface area contributed by atoms with Gasteiger partial charge in [0.2, 0.25) is 0 Å². The van der Waals surface area contributed by atoms with Crippen LogP contribution in [0.5, 0.6) is 11.5 Å². The zero-order valence-corrected chi connectivity index (χ0v) is 14.1. The normalized spacial score (nSPS) is 20.1. The van der Waals surface area contributed by atoms with Crippen LogP contribution in [0.2, 0.25) is 0 Å². The van der Waals surface area contributed by atoms with Gasteiger partial charge in [-0.15, -0.1) is 0 Å². The van der Waals surface area contributed by atoms with Crippen molar-refractivity contribution in [3.05, 3.63) is 60.7 Å². The van der Waals surface area contributed by atoms with E-state index < -0.39 is 23.1 Å². The molecule has 0 saturated carbocycles. The molecule has 0 bridgehead atoms. The number of hydrogen-bond donors (Lipinski definition) is 0. The van der Waals surface area contributed by atoms with Crippen LogP contribution in [-0.2, 0) is 14.4 Å². The van der Waals surface area contributed by atoms with E-state index in [2.05, 4.69) is 0 Å². The molecule has 0 radical (unpaired) electrons. The van der Waals surface area contributed by atoms with Crippen molar-refractivity contribution in [2.24, 2.45) is 0 Å². The van der Waals surface area contributed by atoms with Gasteiger partial charge in [-0.25, -0.2) is 13.0 Å². The number of benzene rings is 2. The maximum absolute atomic E-state index is 13.3. The molecule has 23 heavy (non-hydrogen) atoms. The fraction of sp³-hybridized carbons (Fsp3) is 0.250. The standard InChI is InChI=1S/C16H17O5PS/c17-22(16-11-12-23(18,19)13-16,20-14-7-3-1-4-8-14)21-15-9-5-2-6-10-15/h1-10,16H,11-13H2/t16-/m0/s1. The number of sulfone groups is 1. The van der Waals surface area contributed by atoms with Gasteiger partial charge in [0.05, 0.1) is 17.2 Å². The van der Waals surface area contributed by atoms with Crippen LogP contribution in [0.4, 0.5) is 0 Å². The first-order chi connectivity index (χ1) is 11.0. The van der Waals surface area contributed by atoms with Crippen molar-refractivity contribution in [2.45, 2.75) is 12.1 Å². The predicted octanol–water partition coefficient (Wildman–Crippen LogP) is 3.52. The molecule has 5 nitrogen and oxygen atoms in total. The van der Waals surface area contributed by atoms with Crippen LogP contribution in [0.1, 0.15) is 6.42 Å². The Bertz CT molecular complexity index is 759. The monoisotopic (exact) mass is 352 g/mol. The van der Waals surface area contributed by atoms with Crippen LogP contribution in [0, 0.1) is 0 Å². The number of rotatable bonds is 5. The van der Waals surface area contributed by atoms with Gasteiger partial charge < -0.3 is 9.05 Å². The van der Waals surface area contributed by atoms with Gasteiger partial charge >= 0.3 is 7.60 Å². The lowest BCUT2D eigenvalue weighted by atomic mass is 10.3. The fourth-order valence-corrected chi connectivity index (χ4v) is 7.21. The minimum atomic E-state index is -3.67. The third-order valence-corrected chi connectivity index (χ3v) is 7.89. The second-order valence-electron chi connectivity index (χ2n) is 5.41. The van der Waals surface area contributed by atoms with E-state index in [4.69, 9.17) is 9.05 Å². The molecule has 0 spiro atoms. The molecule has 1 aliphatic rings. The third-order valence-electron chi connectivity index (χ3n) is 3.61. The van der Waals surface area contributed by atoms with E-state index in [1.807, 2.05) is 12.1 Å². The molecule has 7 heteroatoms. The molecule has 0 N–H and O–H groups in total. The molecule has 1 atom stereocenters. The van der Waals surface area contributed by atoms with Crippen LogP contribution in [0.25, 0.3) is 0 Å². The van der Waals surface area contributed by atoms with E-state index in [1.54, 1.807) is 48.5 Å². The van der Waals surface area contributed by atoms with E-state index in [0.29, 0.717) is 11.5 Å². The minimum Gasteiger partial charge on any atom is -0.416 e. The third kappa shape index (κ3) is 3.95. The average molecular weight is 352 g/mol. The lowest BCUT2D eigenvalue weighted by molar-refractivity contribution is 0.374. The minimum absolute atomic E-state index is 0.0119. The second-order valence-corrected chi connectivity index (χ2v) is 9.81. The van der Waals surface area contributed by atoms with Gasteiger partial charge in [-0.2, -0.15) is 0 Å². The first-order valence-corrected chi connectivity index (χ1v) is 10.7. The molecule has 1 heterocycles. The van der Waals surface area contributed by atoms with Crippen LogP contribution in [-0.4, -0.2) is 25.6 Å². The molecular weight excluding hydrogens is 335 g/mol. The Hall–Kier alpha value is -1.78. The van der Waals surface area contributed by atoms with Crippen molar-refractivity contribution in [1.29, 1.82) is 0 Å². The highest BCUT2D eigenvalue weighted by molar-refractivity contribution is 7.92. The summed E-state index contributed by atoms with van der Waals surface area (Å²) in [5.74, 6) is 0.633. The molecule has 3 rings (SSSR count). The molecule has 0 unspecified atom stereocenters. The highest BCUT2D eigenvalue weighted by atomic mass is 32.2. The summed E-state index contributed by atoms with van der Waals surface area (Å²) in [6.07, 6.45) is 0.277. The van der Waals surface area contributed by atoms with Gasteiger partial charge in [0.25, 0.3) is 0 Å². The predicted molar refractivity (Wildman–Crippen MR) is 88.8 cm³/mol. The smallest absolute Gasteiger partial charge is 0.416 e. The number of hydrogen-bond acceptors (Lipinski definition) is 5. The van der Waals surface area contributed by atoms with Crippen molar-refractivity contribution in [3.63, 3.8) is 0 Å². The second kappa shape index (κ2) is 6.38. The van der Waals surface area contributed by atoms with Crippen LogP contribution in [0.3, 0.4) is 0 Å². The molecule has 122 valence electrons. The van der Waals surface area contributed by atoms with Gasteiger partial charge in [-0.3, -0.25) is 0 Å². The molecule has 1 aliphatic heterocycles. The summed E-state index contributed by atoms with van der Waals surface area (Å²) in [4.78, 5) is 0. The van der Waals surface area contributed by atoms with Gasteiger partial charge in [-0.05, 0) is 30.7 Å². The Morgan fingerprint density at radius 1 is 0.870 bits per heavy atom. The zero-order valence-electron chi connectivity index (χ0n) is 12.4. The maximum Gasteiger partial charge on any atom is 0.434 e. The highest BCUT2D eigenvalue weighted by Crippen LogP contribution is 2.55. The van der Waals surface area contributed by atoms with Crippen LogP contribution in [0.15, 0.2) is 60.7 Å². The van der Waals surface area contributed by atoms with E-state index in [0.717, 1.165) is 0 Å². The largest absolute Gasteiger partial charge is 0.434 e. The van der Waals surface area contributed by atoms with Crippen molar-refractivity contribution in [1.82, 2.24) is 0 Å². The van der Waals surface area contributed by atoms with Crippen molar-refractivity contribution in [2.75, 3.05) is 11.5 Å². The summed E-state index contributed by atoms with van der Waals surface area (Å²) in [5.41, 5.74) is -0.659. The van der Waals surface area contributed by atoms with E-state index >= 15 is 0 Å². The molecule has 1 fully saturated rings. The van der Waals surface area contributed by atoms with Crippen molar-refractivity contribution in [3.8, 4) is 11.5 Å². The van der Waals surface area contributed by atoms with Crippen molar-refractivity contribution < 1.29 is 22.0 Å². The Morgan fingerprint density at radius 3 is 1.74 bits per heavy atom. The Balaban J connectivity index is 1.91. The molecule has 0 aliphatic carbocycles. The average Bonchev–Trinajstić information content (AvgIpc) is 2.90. The molecule has 0 aromatic heterocycles. The lowest BCUT2D eigenvalue weighted by Gasteiger charge is -2.24. The SMILES string of the molecule is O=P(Oc1ccccc1)(Oc1ccccc1)[C@H]1CCS(=O)(=O)C1. The van der Waals surface area contributed by atoms with Gasteiger partial charge in [0.1, 0.15) is 11.5 Å². The first-order valence-electron chi connectivity index (χ1n) is 7.26. The van der Waals surface area contributed by atoms with Crippen molar-refractivity contribution >= 4 is 17.4 Å². The van der Waals surface area contributed by atoms with E-state index in [9.17, 15) is 13.0 Å². The summed E-state index contributed by atoms with van der Waals surface area (Å²) in [5, 5.41) is 0. The topological polar surface area (TPSA) is 69.7 Å².